The van der Waals surface area contributed by atoms with E-state index in [0.717, 1.165) is 18.9 Å². The van der Waals surface area contributed by atoms with Gasteiger partial charge in [0.15, 0.2) is 0 Å². The molecule has 1 aliphatic carbocycles. The Morgan fingerprint density at radius 1 is 1.38 bits per heavy atom. The molecule has 1 aromatic carbocycles. The molecule has 0 aliphatic heterocycles. The quantitative estimate of drug-likeness (QED) is 0.844. The summed E-state index contributed by atoms with van der Waals surface area (Å²) in [4.78, 5) is 0. The van der Waals surface area contributed by atoms with Crippen LogP contribution in [0.1, 0.15) is 17.5 Å². The summed E-state index contributed by atoms with van der Waals surface area (Å²) in [7, 11) is 0. The van der Waals surface area contributed by atoms with Crippen molar-refractivity contribution in [3.8, 4) is 0 Å². The molecule has 0 heterocycles. The Balaban J connectivity index is 2.20. The fraction of sp³-hybridized carbons (Fsp3) is 0.455. The normalized spacial score (nSPS) is 20.3. The third kappa shape index (κ3) is 1.79. The van der Waals surface area contributed by atoms with Crippen molar-refractivity contribution in [1.29, 1.82) is 0 Å². The minimum atomic E-state index is 0.777. The van der Waals surface area contributed by atoms with E-state index in [2.05, 4.69) is 34.1 Å². The van der Waals surface area contributed by atoms with Crippen LogP contribution in [0.4, 0.5) is 0 Å². The van der Waals surface area contributed by atoms with Crippen molar-refractivity contribution in [1.82, 2.24) is 0 Å². The maximum Gasteiger partial charge on any atom is 0.0210 e. The first-order valence-electron chi connectivity index (χ1n) is 4.77. The fourth-order valence-corrected chi connectivity index (χ4v) is 2.70. The van der Waals surface area contributed by atoms with Gasteiger partial charge in [0.05, 0.1) is 0 Å². The predicted molar refractivity (Wildman–Crippen MR) is 58.7 cm³/mol. The van der Waals surface area contributed by atoms with E-state index in [9.17, 15) is 0 Å². The Morgan fingerprint density at radius 3 is 2.92 bits per heavy atom. The lowest BCUT2D eigenvalue weighted by Gasteiger charge is -2.04. The molecule has 1 aliphatic rings. The van der Waals surface area contributed by atoms with Gasteiger partial charge in [0.1, 0.15) is 0 Å². The van der Waals surface area contributed by atoms with E-state index in [1.54, 1.807) is 0 Å². The summed E-state index contributed by atoms with van der Waals surface area (Å²) in [6.07, 6.45) is 3.57. The summed E-state index contributed by atoms with van der Waals surface area (Å²) < 4.78 is 1.27. The van der Waals surface area contributed by atoms with Gasteiger partial charge >= 0.3 is 0 Å². The summed E-state index contributed by atoms with van der Waals surface area (Å²) in [6.45, 7) is 0.816. The zero-order valence-electron chi connectivity index (χ0n) is 7.59. The highest BCUT2D eigenvalue weighted by Gasteiger charge is 2.21. The topological polar surface area (TPSA) is 26.0 Å². The van der Waals surface area contributed by atoms with Crippen LogP contribution in [0, 0.1) is 5.92 Å². The lowest BCUT2D eigenvalue weighted by atomic mass is 10.0. The summed E-state index contributed by atoms with van der Waals surface area (Å²) in [5.41, 5.74) is 8.58. The number of nitrogens with two attached hydrogens (primary N) is 1. The first-order chi connectivity index (χ1) is 6.31. The molecular weight excluding hydrogens is 226 g/mol. The van der Waals surface area contributed by atoms with E-state index >= 15 is 0 Å². The van der Waals surface area contributed by atoms with Gasteiger partial charge < -0.3 is 5.73 Å². The Bertz CT molecular complexity index is 309. The number of fused-ring (bicyclic) bond motifs is 1. The molecule has 2 heteroatoms. The van der Waals surface area contributed by atoms with E-state index in [1.807, 2.05) is 0 Å². The van der Waals surface area contributed by atoms with E-state index < -0.39 is 0 Å². The lowest BCUT2D eigenvalue weighted by Crippen LogP contribution is -2.08. The monoisotopic (exact) mass is 239 g/mol. The number of hydrogen-bond donors (Lipinski definition) is 1. The van der Waals surface area contributed by atoms with Crippen LogP contribution in [0.3, 0.4) is 0 Å². The van der Waals surface area contributed by atoms with Gasteiger partial charge in [0.2, 0.25) is 0 Å². The number of hydrogen-bond acceptors (Lipinski definition) is 1. The SMILES string of the molecule is NCCC1Cc2cccc(Br)c2C1. The molecule has 0 fully saturated rings. The second-order valence-electron chi connectivity index (χ2n) is 3.73. The molecule has 0 amide bonds. The minimum absolute atomic E-state index is 0.777. The van der Waals surface area contributed by atoms with Gasteiger partial charge in [-0.2, -0.15) is 0 Å². The van der Waals surface area contributed by atoms with Gasteiger partial charge in [0, 0.05) is 4.47 Å². The van der Waals surface area contributed by atoms with Crippen molar-refractivity contribution in [3.05, 3.63) is 33.8 Å². The van der Waals surface area contributed by atoms with Crippen LogP contribution in [0.5, 0.6) is 0 Å². The van der Waals surface area contributed by atoms with Gasteiger partial charge in [-0.25, -0.2) is 0 Å². The average molecular weight is 240 g/mol. The summed E-state index contributed by atoms with van der Waals surface area (Å²) in [6, 6.07) is 6.48. The summed E-state index contributed by atoms with van der Waals surface area (Å²) in [5, 5.41) is 0. The fourth-order valence-electron chi connectivity index (χ4n) is 2.13. The molecule has 0 radical (unpaired) electrons. The van der Waals surface area contributed by atoms with E-state index in [1.165, 1.54) is 28.4 Å². The van der Waals surface area contributed by atoms with Crippen LogP contribution in [0.15, 0.2) is 22.7 Å². The molecule has 0 aromatic heterocycles. The minimum Gasteiger partial charge on any atom is -0.330 e. The highest BCUT2D eigenvalue weighted by molar-refractivity contribution is 9.10. The number of halogens is 1. The van der Waals surface area contributed by atoms with E-state index in [-0.39, 0.29) is 0 Å². The molecule has 0 saturated heterocycles. The summed E-state index contributed by atoms with van der Waals surface area (Å²) in [5.74, 6) is 0.777. The van der Waals surface area contributed by atoms with Crippen LogP contribution >= 0.6 is 15.9 Å². The molecule has 0 bridgehead atoms. The molecule has 70 valence electrons. The standard InChI is InChI=1S/C11H14BrN/c12-11-3-1-2-9-6-8(4-5-13)7-10(9)11/h1-3,8H,4-7,13H2. The largest absolute Gasteiger partial charge is 0.330 e. The first-order valence-corrected chi connectivity index (χ1v) is 5.57. The maximum absolute atomic E-state index is 5.57. The molecule has 0 spiro atoms. The van der Waals surface area contributed by atoms with Crippen molar-refractivity contribution < 1.29 is 0 Å². The Labute approximate surface area is 87.5 Å². The molecule has 2 N–H and O–H groups in total. The molecule has 1 nitrogen and oxygen atoms in total. The third-order valence-electron chi connectivity index (χ3n) is 2.79. The van der Waals surface area contributed by atoms with Crippen molar-refractivity contribution in [2.75, 3.05) is 6.54 Å². The smallest absolute Gasteiger partial charge is 0.0210 e. The molecular formula is C11H14BrN. The molecule has 1 atom stereocenters. The number of rotatable bonds is 2. The summed E-state index contributed by atoms with van der Waals surface area (Å²) >= 11 is 3.59. The highest BCUT2D eigenvalue weighted by Crippen LogP contribution is 2.33. The van der Waals surface area contributed by atoms with E-state index in [0.29, 0.717) is 0 Å². The molecule has 2 rings (SSSR count). The van der Waals surface area contributed by atoms with Crippen LogP contribution in [0.25, 0.3) is 0 Å². The predicted octanol–water partition coefficient (Wildman–Crippen LogP) is 2.51. The molecule has 1 aromatic rings. The Hall–Kier alpha value is -0.340. The van der Waals surface area contributed by atoms with Gasteiger partial charge in [-0.05, 0) is 48.9 Å². The molecule has 1 unspecified atom stereocenters. The van der Waals surface area contributed by atoms with Crippen LogP contribution in [-0.4, -0.2) is 6.54 Å². The Morgan fingerprint density at radius 2 is 2.23 bits per heavy atom. The van der Waals surface area contributed by atoms with Gasteiger partial charge in [-0.3, -0.25) is 0 Å². The average Bonchev–Trinajstić information content (AvgIpc) is 2.49. The van der Waals surface area contributed by atoms with Crippen molar-refractivity contribution in [2.45, 2.75) is 19.3 Å². The molecule has 0 saturated carbocycles. The van der Waals surface area contributed by atoms with Crippen molar-refractivity contribution >= 4 is 15.9 Å². The zero-order valence-corrected chi connectivity index (χ0v) is 9.18. The second-order valence-corrected chi connectivity index (χ2v) is 4.58. The van der Waals surface area contributed by atoms with Gasteiger partial charge in [-0.1, -0.05) is 28.1 Å². The van der Waals surface area contributed by atoms with Crippen molar-refractivity contribution in [3.63, 3.8) is 0 Å². The van der Waals surface area contributed by atoms with Crippen LogP contribution in [-0.2, 0) is 12.8 Å². The lowest BCUT2D eigenvalue weighted by molar-refractivity contribution is 0.522. The van der Waals surface area contributed by atoms with Gasteiger partial charge in [0.25, 0.3) is 0 Å². The van der Waals surface area contributed by atoms with E-state index in [4.69, 9.17) is 5.73 Å². The Kier molecular flexibility index (Phi) is 2.70. The first kappa shape index (κ1) is 9.22. The second kappa shape index (κ2) is 3.81. The molecule has 13 heavy (non-hydrogen) atoms. The number of benzene rings is 1. The van der Waals surface area contributed by atoms with Gasteiger partial charge in [-0.15, -0.1) is 0 Å². The zero-order chi connectivity index (χ0) is 9.26. The van der Waals surface area contributed by atoms with Crippen molar-refractivity contribution in [2.24, 2.45) is 11.7 Å². The van der Waals surface area contributed by atoms with Crippen LogP contribution < -0.4 is 5.73 Å². The maximum atomic E-state index is 5.57. The third-order valence-corrected chi connectivity index (χ3v) is 3.54. The van der Waals surface area contributed by atoms with Crippen LogP contribution in [0.2, 0.25) is 0 Å². The highest BCUT2D eigenvalue weighted by atomic mass is 79.9.